The van der Waals surface area contributed by atoms with E-state index in [2.05, 4.69) is 0 Å². The molecule has 0 saturated heterocycles. The van der Waals surface area contributed by atoms with Crippen LogP contribution >= 0.6 is 0 Å². The van der Waals surface area contributed by atoms with Gasteiger partial charge in [0, 0.05) is 30.0 Å². The summed E-state index contributed by atoms with van der Waals surface area (Å²) in [4.78, 5) is 9.62. The van der Waals surface area contributed by atoms with Crippen molar-refractivity contribution in [3.8, 4) is 11.5 Å². The highest BCUT2D eigenvalue weighted by molar-refractivity contribution is 5.67. The van der Waals surface area contributed by atoms with E-state index in [1.54, 1.807) is 12.1 Å². The lowest BCUT2D eigenvalue weighted by atomic mass is 10.2. The van der Waals surface area contributed by atoms with Gasteiger partial charge in [0.2, 0.25) is 0 Å². The highest BCUT2D eigenvalue weighted by Gasteiger charge is 2.05. The molecule has 0 spiro atoms. The molecule has 0 heterocycles. The summed E-state index contributed by atoms with van der Waals surface area (Å²) in [6.07, 6.45) is 0. The smallest absolute Gasteiger partial charge is 0.269 e. The Labute approximate surface area is 141 Å². The number of nitrogens with two attached hydrogens (primary N) is 3. The number of nitro benzene ring substituents is 1. The number of hydrogen-bond donors (Lipinski definition) is 3. The highest BCUT2D eigenvalue weighted by Crippen LogP contribution is 2.32. The van der Waals surface area contributed by atoms with Gasteiger partial charge in [0.1, 0.15) is 11.5 Å². The predicted molar refractivity (Wildman–Crippen MR) is 97.2 cm³/mol. The predicted octanol–water partition coefficient (Wildman–Crippen LogP) is 3.07. The van der Waals surface area contributed by atoms with Gasteiger partial charge in [0.05, 0.1) is 30.5 Å². The second kappa shape index (κ2) is 10.5. The first kappa shape index (κ1) is 20.8. The Morgan fingerprint density at radius 1 is 0.875 bits per heavy atom. The van der Waals surface area contributed by atoms with Crippen LogP contribution in [0.4, 0.5) is 22.7 Å². The number of nitrogen functional groups attached to an aromatic ring is 3. The van der Waals surface area contributed by atoms with Crippen molar-refractivity contribution >= 4 is 22.7 Å². The summed E-state index contributed by atoms with van der Waals surface area (Å²) in [5, 5.41) is 10.1. The van der Waals surface area contributed by atoms with Crippen LogP contribution < -0.4 is 26.7 Å². The fourth-order valence-electron chi connectivity index (χ4n) is 1.54. The molecule has 0 radical (unpaired) electrons. The maximum Gasteiger partial charge on any atom is 0.269 e. The molecule has 0 aliphatic heterocycles. The van der Waals surface area contributed by atoms with Gasteiger partial charge in [0.15, 0.2) is 0 Å². The lowest BCUT2D eigenvalue weighted by molar-refractivity contribution is -0.384. The summed E-state index contributed by atoms with van der Waals surface area (Å²) in [6.45, 7) is 4.00. The molecule has 0 fully saturated rings. The first-order valence-electron chi connectivity index (χ1n) is 7.16. The molecule has 0 atom stereocenters. The number of anilines is 3. The van der Waals surface area contributed by atoms with Crippen LogP contribution in [-0.4, -0.2) is 19.1 Å². The molecule has 0 unspecified atom stereocenters. The van der Waals surface area contributed by atoms with E-state index in [0.29, 0.717) is 28.6 Å². The van der Waals surface area contributed by atoms with Crippen molar-refractivity contribution in [3.05, 3.63) is 46.5 Å². The third kappa shape index (κ3) is 6.30. The van der Waals surface area contributed by atoms with Crippen LogP contribution in [-0.2, 0) is 0 Å². The zero-order valence-electron chi connectivity index (χ0n) is 14.3. The second-order valence-electron chi connectivity index (χ2n) is 4.18. The molecule has 0 aromatic heterocycles. The lowest BCUT2D eigenvalue weighted by Crippen LogP contribution is -1.97. The molecule has 24 heavy (non-hydrogen) atoms. The third-order valence-corrected chi connectivity index (χ3v) is 2.69. The van der Waals surface area contributed by atoms with Crippen LogP contribution in [0.1, 0.15) is 13.8 Å². The van der Waals surface area contributed by atoms with E-state index in [4.69, 9.17) is 26.7 Å². The highest BCUT2D eigenvalue weighted by atomic mass is 16.6. The summed E-state index contributed by atoms with van der Waals surface area (Å²) in [5.41, 5.74) is 18.2. The summed E-state index contributed by atoms with van der Waals surface area (Å²) in [6, 6.07) is 9.00. The van der Waals surface area contributed by atoms with E-state index in [0.717, 1.165) is 0 Å². The molecule has 132 valence electrons. The molecule has 8 heteroatoms. The zero-order chi connectivity index (χ0) is 18.7. The van der Waals surface area contributed by atoms with E-state index in [-0.39, 0.29) is 5.69 Å². The Balaban J connectivity index is 0.000000405. The van der Waals surface area contributed by atoms with Gasteiger partial charge in [-0.2, -0.15) is 0 Å². The lowest BCUT2D eigenvalue weighted by Gasteiger charge is -2.08. The summed E-state index contributed by atoms with van der Waals surface area (Å²) in [5.74, 6) is 1.13. The Hall–Kier alpha value is -3.16. The van der Waals surface area contributed by atoms with Crippen molar-refractivity contribution in [1.29, 1.82) is 0 Å². The van der Waals surface area contributed by atoms with Crippen LogP contribution in [0.25, 0.3) is 0 Å². The number of nitrogens with zero attached hydrogens (tertiary/aromatic N) is 1. The fourth-order valence-corrected chi connectivity index (χ4v) is 1.54. The van der Waals surface area contributed by atoms with E-state index in [9.17, 15) is 10.1 Å². The maximum absolute atomic E-state index is 10.1. The SMILES string of the molecule is CC.COc1cc(N)c(OC)cc1N.Nc1ccc([N+](=O)[O-])cc1. The molecule has 8 nitrogen and oxygen atoms in total. The van der Waals surface area contributed by atoms with Crippen molar-refractivity contribution in [3.63, 3.8) is 0 Å². The average molecular weight is 336 g/mol. The van der Waals surface area contributed by atoms with E-state index >= 15 is 0 Å². The Morgan fingerprint density at radius 3 is 1.54 bits per heavy atom. The Morgan fingerprint density at radius 2 is 1.25 bits per heavy atom. The van der Waals surface area contributed by atoms with Crippen molar-refractivity contribution < 1.29 is 14.4 Å². The van der Waals surface area contributed by atoms with Crippen molar-refractivity contribution in [2.45, 2.75) is 13.8 Å². The van der Waals surface area contributed by atoms with Gasteiger partial charge in [-0.1, -0.05) is 13.8 Å². The molecule has 0 aliphatic carbocycles. The number of ether oxygens (including phenoxy) is 2. The minimum Gasteiger partial charge on any atom is -0.495 e. The molecule has 0 amide bonds. The van der Waals surface area contributed by atoms with Crippen LogP contribution in [0, 0.1) is 10.1 Å². The number of methoxy groups -OCH3 is 2. The Bertz CT molecular complexity index is 616. The molecule has 0 bridgehead atoms. The van der Waals surface area contributed by atoms with E-state index in [1.807, 2.05) is 13.8 Å². The van der Waals surface area contributed by atoms with Gasteiger partial charge >= 0.3 is 0 Å². The number of non-ortho nitro benzene ring substituents is 1. The van der Waals surface area contributed by atoms with E-state index < -0.39 is 4.92 Å². The Kier molecular flexibility index (Phi) is 9.16. The minimum absolute atomic E-state index is 0.0641. The largest absolute Gasteiger partial charge is 0.495 e. The van der Waals surface area contributed by atoms with Gasteiger partial charge in [0.25, 0.3) is 5.69 Å². The molecule has 0 aliphatic rings. The number of hydrogen-bond acceptors (Lipinski definition) is 7. The topological polar surface area (TPSA) is 140 Å². The third-order valence-electron chi connectivity index (χ3n) is 2.69. The second-order valence-corrected chi connectivity index (χ2v) is 4.18. The number of nitro groups is 1. The van der Waals surface area contributed by atoms with Crippen LogP contribution in [0.2, 0.25) is 0 Å². The molecular weight excluding hydrogens is 312 g/mol. The maximum atomic E-state index is 10.1. The molecule has 6 N–H and O–H groups in total. The van der Waals surface area contributed by atoms with Crippen LogP contribution in [0.3, 0.4) is 0 Å². The van der Waals surface area contributed by atoms with E-state index in [1.165, 1.54) is 38.5 Å². The first-order valence-corrected chi connectivity index (χ1v) is 7.16. The molecule has 0 saturated carbocycles. The van der Waals surface area contributed by atoms with Crippen LogP contribution in [0.15, 0.2) is 36.4 Å². The summed E-state index contributed by atoms with van der Waals surface area (Å²) < 4.78 is 9.93. The monoisotopic (exact) mass is 336 g/mol. The summed E-state index contributed by atoms with van der Waals surface area (Å²) in [7, 11) is 3.08. The molecule has 2 aromatic carbocycles. The summed E-state index contributed by atoms with van der Waals surface area (Å²) >= 11 is 0. The molecular formula is C16H24N4O4. The van der Waals surface area contributed by atoms with Crippen LogP contribution in [0.5, 0.6) is 11.5 Å². The molecule has 2 rings (SSSR count). The average Bonchev–Trinajstić information content (AvgIpc) is 2.59. The van der Waals surface area contributed by atoms with Gasteiger partial charge in [-0.3, -0.25) is 10.1 Å². The number of rotatable bonds is 3. The van der Waals surface area contributed by atoms with Crippen molar-refractivity contribution in [1.82, 2.24) is 0 Å². The van der Waals surface area contributed by atoms with Gasteiger partial charge in [-0.25, -0.2) is 0 Å². The zero-order valence-corrected chi connectivity index (χ0v) is 14.3. The quantitative estimate of drug-likeness (QED) is 0.444. The van der Waals surface area contributed by atoms with Gasteiger partial charge < -0.3 is 26.7 Å². The first-order chi connectivity index (χ1) is 11.4. The molecule has 2 aromatic rings. The normalized spacial score (nSPS) is 8.83. The number of benzene rings is 2. The minimum atomic E-state index is -0.459. The van der Waals surface area contributed by atoms with Crippen molar-refractivity contribution in [2.75, 3.05) is 31.4 Å². The van der Waals surface area contributed by atoms with Gasteiger partial charge in [-0.15, -0.1) is 0 Å². The van der Waals surface area contributed by atoms with Crippen molar-refractivity contribution in [2.24, 2.45) is 0 Å². The fraction of sp³-hybridized carbons (Fsp3) is 0.250. The standard InChI is InChI=1S/C8H12N2O2.C6H6N2O2.C2H6/c1-11-7-3-6(10)8(12-2)4-5(7)9;7-5-1-3-6(4-2-5)8(9)10;1-2/h3-4H,9-10H2,1-2H3;1-4H,7H2;1-2H3. The van der Waals surface area contributed by atoms with Gasteiger partial charge in [-0.05, 0) is 12.1 Å².